The number of ether oxygens (including phenoxy) is 1. The highest BCUT2D eigenvalue weighted by atomic mass is 16.5. The molecule has 0 saturated carbocycles. The predicted molar refractivity (Wildman–Crippen MR) is 78.6 cm³/mol. The third-order valence-corrected chi connectivity index (χ3v) is 4.15. The topological polar surface area (TPSA) is 91.9 Å². The molecule has 0 spiro atoms. The summed E-state index contributed by atoms with van der Waals surface area (Å²) in [5, 5.41) is 9.05. The first-order chi connectivity index (χ1) is 10.1. The minimum Gasteiger partial charge on any atom is -0.477 e. The fourth-order valence-electron chi connectivity index (χ4n) is 3.01. The highest BCUT2D eigenvalue weighted by Crippen LogP contribution is 2.27. The van der Waals surface area contributed by atoms with E-state index in [2.05, 4.69) is 14.8 Å². The summed E-state index contributed by atoms with van der Waals surface area (Å²) in [4.78, 5) is 19.8. The molecule has 1 unspecified atom stereocenters. The molecular weight excluding hydrogens is 272 g/mol. The lowest BCUT2D eigenvalue weighted by atomic mass is 10.2. The molecule has 0 aliphatic carbocycles. The maximum absolute atomic E-state index is 11.0. The van der Waals surface area contributed by atoms with Crippen LogP contribution in [0.4, 0.5) is 11.5 Å². The van der Waals surface area contributed by atoms with E-state index in [1.807, 2.05) is 0 Å². The van der Waals surface area contributed by atoms with Crippen LogP contribution in [0.1, 0.15) is 16.9 Å². The van der Waals surface area contributed by atoms with Gasteiger partial charge in [0.25, 0.3) is 0 Å². The maximum Gasteiger partial charge on any atom is 0.354 e. The number of nitrogen functional groups attached to an aromatic ring is 1. The summed E-state index contributed by atoms with van der Waals surface area (Å²) in [6.07, 6.45) is 1.04. The zero-order valence-corrected chi connectivity index (χ0v) is 11.9. The van der Waals surface area contributed by atoms with Gasteiger partial charge in [-0.25, -0.2) is 9.78 Å². The number of pyridine rings is 1. The van der Waals surface area contributed by atoms with Crippen molar-refractivity contribution in [3.05, 3.63) is 17.8 Å². The molecule has 0 bridgehead atoms. The van der Waals surface area contributed by atoms with Gasteiger partial charge >= 0.3 is 5.97 Å². The second kappa shape index (κ2) is 5.87. The van der Waals surface area contributed by atoms with Crippen molar-refractivity contribution in [3.8, 4) is 0 Å². The van der Waals surface area contributed by atoms with E-state index in [9.17, 15) is 4.79 Å². The van der Waals surface area contributed by atoms with Crippen LogP contribution in [0.5, 0.6) is 0 Å². The highest BCUT2D eigenvalue weighted by Gasteiger charge is 2.30. The van der Waals surface area contributed by atoms with Gasteiger partial charge in [0.2, 0.25) is 0 Å². The van der Waals surface area contributed by atoms with Gasteiger partial charge in [-0.05, 0) is 18.6 Å². The van der Waals surface area contributed by atoms with E-state index in [-0.39, 0.29) is 5.69 Å². The van der Waals surface area contributed by atoms with Gasteiger partial charge in [0.05, 0.1) is 18.9 Å². The number of aromatic nitrogens is 1. The van der Waals surface area contributed by atoms with E-state index in [0.717, 1.165) is 45.8 Å². The molecular formula is C14H20N4O3. The number of anilines is 2. The number of rotatable bonds is 3. The Morgan fingerprint density at radius 1 is 1.33 bits per heavy atom. The van der Waals surface area contributed by atoms with Crippen molar-refractivity contribution in [3.63, 3.8) is 0 Å². The quantitative estimate of drug-likeness (QED) is 0.826. The average Bonchev–Trinajstić information content (AvgIpc) is 2.98. The molecule has 0 amide bonds. The van der Waals surface area contributed by atoms with E-state index in [1.165, 1.54) is 6.07 Å². The van der Waals surface area contributed by atoms with Crippen LogP contribution in [-0.4, -0.2) is 66.4 Å². The number of nitrogens with zero attached hydrogens (tertiary/aromatic N) is 3. The lowest BCUT2D eigenvalue weighted by Crippen LogP contribution is -2.44. The Labute approximate surface area is 123 Å². The van der Waals surface area contributed by atoms with Crippen molar-refractivity contribution < 1.29 is 14.6 Å². The van der Waals surface area contributed by atoms with Crippen molar-refractivity contribution in [1.82, 2.24) is 9.88 Å². The van der Waals surface area contributed by atoms with Crippen molar-refractivity contribution in [2.75, 3.05) is 50.0 Å². The van der Waals surface area contributed by atoms with Gasteiger partial charge in [0.15, 0.2) is 11.5 Å². The van der Waals surface area contributed by atoms with E-state index in [1.54, 1.807) is 6.07 Å². The lowest BCUT2D eigenvalue weighted by molar-refractivity contribution is 0.0209. The van der Waals surface area contributed by atoms with Gasteiger partial charge < -0.3 is 20.5 Å². The first kappa shape index (κ1) is 14.1. The molecule has 21 heavy (non-hydrogen) atoms. The lowest BCUT2D eigenvalue weighted by Gasteiger charge is -2.32. The maximum atomic E-state index is 11.0. The molecule has 3 N–H and O–H groups in total. The molecule has 0 aromatic carbocycles. The average molecular weight is 292 g/mol. The smallest absolute Gasteiger partial charge is 0.354 e. The second-order valence-corrected chi connectivity index (χ2v) is 5.45. The van der Waals surface area contributed by atoms with Gasteiger partial charge in [-0.3, -0.25) is 4.90 Å². The van der Waals surface area contributed by atoms with Crippen LogP contribution < -0.4 is 10.6 Å². The standard InChI is InChI=1S/C14H20N4O3/c15-11-1-2-12(14(19)20)16-13(11)18-4-3-10(9-18)17-5-7-21-8-6-17/h1-2,10H,3-9,15H2,(H,19,20). The van der Waals surface area contributed by atoms with E-state index < -0.39 is 5.97 Å². The van der Waals surface area contributed by atoms with Crippen LogP contribution >= 0.6 is 0 Å². The summed E-state index contributed by atoms with van der Waals surface area (Å²) >= 11 is 0. The third-order valence-electron chi connectivity index (χ3n) is 4.15. The molecule has 1 aromatic rings. The Bertz CT molecular complexity index is 531. The Kier molecular flexibility index (Phi) is 3.94. The molecule has 2 aliphatic heterocycles. The number of carbonyl (C=O) groups is 1. The van der Waals surface area contributed by atoms with Crippen LogP contribution in [0.25, 0.3) is 0 Å². The zero-order chi connectivity index (χ0) is 14.8. The Hall–Kier alpha value is -1.86. The highest BCUT2D eigenvalue weighted by molar-refractivity contribution is 5.87. The third kappa shape index (κ3) is 2.93. The summed E-state index contributed by atoms with van der Waals surface area (Å²) in [7, 11) is 0. The van der Waals surface area contributed by atoms with Gasteiger partial charge in [-0.15, -0.1) is 0 Å². The predicted octanol–water partition coefficient (Wildman–Crippen LogP) is 0.273. The van der Waals surface area contributed by atoms with Crippen molar-refractivity contribution in [2.24, 2.45) is 0 Å². The number of hydrogen-bond acceptors (Lipinski definition) is 6. The van der Waals surface area contributed by atoms with Gasteiger partial charge in [0.1, 0.15) is 0 Å². The minimum atomic E-state index is -1.03. The molecule has 0 radical (unpaired) electrons. The first-order valence-electron chi connectivity index (χ1n) is 7.21. The van der Waals surface area contributed by atoms with E-state index >= 15 is 0 Å². The van der Waals surface area contributed by atoms with Crippen LogP contribution in [0.15, 0.2) is 12.1 Å². The molecule has 7 nitrogen and oxygen atoms in total. The zero-order valence-electron chi connectivity index (χ0n) is 11.9. The van der Waals surface area contributed by atoms with E-state index in [4.69, 9.17) is 15.6 Å². The Morgan fingerprint density at radius 3 is 2.81 bits per heavy atom. The Morgan fingerprint density at radius 2 is 2.10 bits per heavy atom. The number of carboxylic acids is 1. The number of carboxylic acid groups (broad SMARTS) is 1. The summed E-state index contributed by atoms with van der Waals surface area (Å²) in [6.45, 7) is 5.16. The summed E-state index contributed by atoms with van der Waals surface area (Å²) in [6, 6.07) is 3.52. The van der Waals surface area contributed by atoms with Crippen LogP contribution in [0.2, 0.25) is 0 Å². The summed E-state index contributed by atoms with van der Waals surface area (Å²) in [5.74, 6) is -0.439. The molecule has 3 rings (SSSR count). The van der Waals surface area contributed by atoms with Crippen LogP contribution in [-0.2, 0) is 4.74 Å². The number of hydrogen-bond donors (Lipinski definition) is 2. The Balaban J connectivity index is 1.73. The normalized spacial score (nSPS) is 23.4. The minimum absolute atomic E-state index is 0.0361. The van der Waals surface area contributed by atoms with Gasteiger partial charge in [-0.2, -0.15) is 0 Å². The molecule has 1 atom stereocenters. The SMILES string of the molecule is Nc1ccc(C(=O)O)nc1N1CCC(N2CCOCC2)C1. The van der Waals surface area contributed by atoms with E-state index in [0.29, 0.717) is 17.5 Å². The number of morpholine rings is 1. The van der Waals surface area contributed by atoms with Crippen molar-refractivity contribution >= 4 is 17.5 Å². The summed E-state index contributed by atoms with van der Waals surface area (Å²) in [5.41, 5.74) is 6.53. The van der Waals surface area contributed by atoms with Crippen molar-refractivity contribution in [2.45, 2.75) is 12.5 Å². The van der Waals surface area contributed by atoms with Gasteiger partial charge in [-0.1, -0.05) is 0 Å². The second-order valence-electron chi connectivity index (χ2n) is 5.45. The number of nitrogens with two attached hydrogens (primary N) is 1. The fourth-order valence-corrected chi connectivity index (χ4v) is 3.01. The largest absolute Gasteiger partial charge is 0.477 e. The monoisotopic (exact) mass is 292 g/mol. The fraction of sp³-hybridized carbons (Fsp3) is 0.571. The molecule has 7 heteroatoms. The molecule has 2 saturated heterocycles. The van der Waals surface area contributed by atoms with Gasteiger partial charge in [0, 0.05) is 32.2 Å². The van der Waals surface area contributed by atoms with Crippen molar-refractivity contribution in [1.29, 1.82) is 0 Å². The summed E-state index contributed by atoms with van der Waals surface area (Å²) < 4.78 is 5.38. The molecule has 3 heterocycles. The first-order valence-corrected chi connectivity index (χ1v) is 7.21. The van der Waals surface area contributed by atoms with Crippen LogP contribution in [0, 0.1) is 0 Å². The van der Waals surface area contributed by atoms with Crippen LogP contribution in [0.3, 0.4) is 0 Å². The number of aromatic carboxylic acids is 1. The molecule has 1 aromatic heterocycles. The molecule has 2 aliphatic rings. The molecule has 114 valence electrons. The molecule has 2 fully saturated rings.